The summed E-state index contributed by atoms with van der Waals surface area (Å²) in [6.45, 7) is 0.275. The number of nitrogens with zero attached hydrogens (tertiary/aromatic N) is 1. The highest BCUT2D eigenvalue weighted by Crippen LogP contribution is 2.47. The number of ether oxygens (including phenoxy) is 2. The number of carbonyl (C=O) groups is 1. The van der Waals surface area contributed by atoms with Gasteiger partial charge in [-0.3, -0.25) is 0 Å². The van der Waals surface area contributed by atoms with E-state index >= 15 is 0 Å². The molecule has 0 spiro atoms. The highest BCUT2D eigenvalue weighted by atomic mass is 19.1. The van der Waals surface area contributed by atoms with Gasteiger partial charge in [-0.05, 0) is 52.8 Å². The van der Waals surface area contributed by atoms with E-state index in [1.807, 2.05) is 24.3 Å². The lowest BCUT2D eigenvalue weighted by Gasteiger charge is -2.43. The van der Waals surface area contributed by atoms with Gasteiger partial charge >= 0.3 is 6.09 Å². The molecule has 2 bridgehead atoms. The van der Waals surface area contributed by atoms with E-state index in [0.717, 1.165) is 12.8 Å². The smallest absolute Gasteiger partial charge is 0.410 e. The molecule has 0 radical (unpaired) electrons. The second kappa shape index (κ2) is 8.38. The number of piperidine rings is 1. The predicted octanol–water partition coefficient (Wildman–Crippen LogP) is 5.60. The molecule has 1 amide bonds. The number of benzene rings is 3. The number of rotatable bonds is 4. The molecule has 2 heterocycles. The Morgan fingerprint density at radius 2 is 1.60 bits per heavy atom. The van der Waals surface area contributed by atoms with Gasteiger partial charge in [0.15, 0.2) is 11.6 Å². The molecule has 0 aromatic heterocycles. The van der Waals surface area contributed by atoms with Crippen molar-refractivity contribution < 1.29 is 23.8 Å². The molecule has 5 nitrogen and oxygen atoms in total. The van der Waals surface area contributed by atoms with Crippen LogP contribution in [0, 0.1) is 5.82 Å². The maximum absolute atomic E-state index is 14.3. The van der Waals surface area contributed by atoms with Crippen LogP contribution in [0.25, 0.3) is 11.1 Å². The van der Waals surface area contributed by atoms with Crippen LogP contribution >= 0.6 is 0 Å². The quantitative estimate of drug-likeness (QED) is 0.536. The molecular weight excluding hydrogens is 445 g/mol. The molecule has 2 fully saturated rings. The first kappa shape index (κ1) is 22.1. The Morgan fingerprint density at radius 1 is 1.00 bits per heavy atom. The van der Waals surface area contributed by atoms with Gasteiger partial charge in [0.05, 0.1) is 12.7 Å². The normalized spacial score (nSPS) is 24.7. The molecule has 2 atom stereocenters. The average Bonchev–Trinajstić information content (AvgIpc) is 3.34. The van der Waals surface area contributed by atoms with Crippen molar-refractivity contribution in [3.05, 3.63) is 89.2 Å². The molecule has 6 rings (SSSR count). The summed E-state index contributed by atoms with van der Waals surface area (Å²) in [5, 5.41) is 11.4. The summed E-state index contributed by atoms with van der Waals surface area (Å²) in [7, 11) is 1.42. The fourth-order valence-electron chi connectivity index (χ4n) is 6.38. The van der Waals surface area contributed by atoms with Crippen molar-refractivity contribution in [3.63, 3.8) is 0 Å². The highest BCUT2D eigenvalue weighted by molar-refractivity contribution is 5.79. The van der Waals surface area contributed by atoms with Crippen molar-refractivity contribution in [2.75, 3.05) is 13.7 Å². The summed E-state index contributed by atoms with van der Waals surface area (Å²) in [5.74, 6) is -0.339. The van der Waals surface area contributed by atoms with Gasteiger partial charge in [0.25, 0.3) is 0 Å². The lowest BCUT2D eigenvalue weighted by molar-refractivity contribution is -0.0533. The standard InChI is InChI=1S/C29H28FNO4/c1-34-27-13-10-18(14-26(27)30)29(33)15-19-11-12-20(16-29)31(19)28(32)35-17-25-23-8-4-2-6-21(23)22-7-3-5-9-24(22)25/h2-10,13-14,19-20,25,33H,11-12,15-17H2,1H3. The zero-order valence-corrected chi connectivity index (χ0v) is 19.6. The van der Waals surface area contributed by atoms with Gasteiger partial charge in [-0.25, -0.2) is 9.18 Å². The summed E-state index contributed by atoms with van der Waals surface area (Å²) in [4.78, 5) is 15.1. The van der Waals surface area contributed by atoms with Crippen molar-refractivity contribution in [3.8, 4) is 16.9 Å². The van der Waals surface area contributed by atoms with Crippen LogP contribution in [0.5, 0.6) is 5.75 Å². The molecule has 6 heteroatoms. The minimum atomic E-state index is -1.18. The predicted molar refractivity (Wildman–Crippen MR) is 130 cm³/mol. The highest BCUT2D eigenvalue weighted by Gasteiger charge is 2.51. The number of aliphatic hydroxyl groups is 1. The molecule has 2 aliphatic heterocycles. The van der Waals surface area contributed by atoms with E-state index in [0.29, 0.717) is 18.4 Å². The molecule has 2 saturated heterocycles. The zero-order chi connectivity index (χ0) is 24.2. The van der Waals surface area contributed by atoms with Crippen molar-refractivity contribution in [2.24, 2.45) is 0 Å². The Kier molecular flexibility index (Phi) is 5.29. The molecular formula is C29H28FNO4. The molecule has 0 saturated carbocycles. The molecule has 2 unspecified atom stereocenters. The molecule has 3 aromatic rings. The number of carbonyl (C=O) groups excluding carboxylic acids is 1. The summed E-state index contributed by atoms with van der Waals surface area (Å²) in [6, 6.07) is 20.9. The Morgan fingerprint density at radius 3 is 2.17 bits per heavy atom. The van der Waals surface area contributed by atoms with Gasteiger partial charge in [0, 0.05) is 30.8 Å². The van der Waals surface area contributed by atoms with Gasteiger partial charge in [-0.1, -0.05) is 54.6 Å². The SMILES string of the molecule is COc1ccc(C2(O)CC3CCC(C2)N3C(=O)OCC2c3ccccc3-c3ccccc32)cc1F. The summed E-state index contributed by atoms with van der Waals surface area (Å²) >= 11 is 0. The second-order valence-electron chi connectivity index (χ2n) is 9.89. The third kappa shape index (κ3) is 3.59. The second-order valence-corrected chi connectivity index (χ2v) is 9.89. The van der Waals surface area contributed by atoms with E-state index in [1.54, 1.807) is 17.0 Å². The Hall–Kier alpha value is -3.38. The summed E-state index contributed by atoms with van der Waals surface area (Å²) in [6.07, 6.45) is 1.99. The van der Waals surface area contributed by atoms with Crippen molar-refractivity contribution >= 4 is 6.09 Å². The lowest BCUT2D eigenvalue weighted by atomic mass is 9.80. The molecule has 180 valence electrons. The Balaban J connectivity index is 1.18. The number of methoxy groups -OCH3 is 1. The Labute approximate surface area is 204 Å². The molecule has 35 heavy (non-hydrogen) atoms. The number of halogens is 1. The van der Waals surface area contributed by atoms with Crippen LogP contribution in [-0.2, 0) is 10.3 Å². The van der Waals surface area contributed by atoms with Gasteiger partial charge in [-0.15, -0.1) is 0 Å². The van der Waals surface area contributed by atoms with E-state index in [-0.39, 0.29) is 36.5 Å². The van der Waals surface area contributed by atoms with Crippen molar-refractivity contribution in [2.45, 2.75) is 49.3 Å². The van der Waals surface area contributed by atoms with Crippen LogP contribution in [-0.4, -0.2) is 41.9 Å². The number of hydrogen-bond donors (Lipinski definition) is 1. The lowest BCUT2D eigenvalue weighted by Crippen LogP contribution is -2.52. The maximum atomic E-state index is 14.3. The largest absolute Gasteiger partial charge is 0.494 e. The number of hydrogen-bond acceptors (Lipinski definition) is 4. The summed E-state index contributed by atoms with van der Waals surface area (Å²) < 4.78 is 25.3. The minimum absolute atomic E-state index is 0.00741. The van der Waals surface area contributed by atoms with E-state index in [2.05, 4.69) is 24.3 Å². The van der Waals surface area contributed by atoms with Crippen LogP contribution in [0.15, 0.2) is 66.7 Å². The topological polar surface area (TPSA) is 59.0 Å². The first-order chi connectivity index (χ1) is 17.0. The molecule has 3 aromatic carbocycles. The van der Waals surface area contributed by atoms with Crippen molar-refractivity contribution in [1.29, 1.82) is 0 Å². The van der Waals surface area contributed by atoms with Gasteiger partial charge in [-0.2, -0.15) is 0 Å². The van der Waals surface area contributed by atoms with Crippen LogP contribution in [0.2, 0.25) is 0 Å². The van der Waals surface area contributed by atoms with E-state index in [9.17, 15) is 14.3 Å². The first-order valence-electron chi connectivity index (χ1n) is 12.2. The average molecular weight is 474 g/mol. The van der Waals surface area contributed by atoms with Crippen LogP contribution in [0.3, 0.4) is 0 Å². The Bertz CT molecular complexity index is 1230. The molecule has 1 N–H and O–H groups in total. The van der Waals surface area contributed by atoms with Gasteiger partial charge < -0.3 is 19.5 Å². The van der Waals surface area contributed by atoms with E-state index in [1.165, 1.54) is 35.4 Å². The van der Waals surface area contributed by atoms with Gasteiger partial charge in [0.1, 0.15) is 6.61 Å². The van der Waals surface area contributed by atoms with E-state index in [4.69, 9.17) is 9.47 Å². The fourth-order valence-corrected chi connectivity index (χ4v) is 6.38. The van der Waals surface area contributed by atoms with Crippen LogP contribution in [0.4, 0.5) is 9.18 Å². The first-order valence-corrected chi connectivity index (χ1v) is 12.2. The third-order valence-electron chi connectivity index (χ3n) is 8.00. The van der Waals surface area contributed by atoms with E-state index < -0.39 is 11.4 Å². The monoisotopic (exact) mass is 473 g/mol. The molecule has 3 aliphatic rings. The minimum Gasteiger partial charge on any atom is -0.494 e. The molecule has 1 aliphatic carbocycles. The van der Waals surface area contributed by atoms with Crippen LogP contribution < -0.4 is 4.74 Å². The summed E-state index contributed by atoms with van der Waals surface area (Å²) in [5.41, 5.74) is 4.09. The van der Waals surface area contributed by atoms with Crippen LogP contribution in [0.1, 0.15) is 48.3 Å². The van der Waals surface area contributed by atoms with Gasteiger partial charge in [0.2, 0.25) is 0 Å². The van der Waals surface area contributed by atoms with Crippen molar-refractivity contribution in [1.82, 2.24) is 4.90 Å². The number of amides is 1. The zero-order valence-electron chi connectivity index (χ0n) is 19.6. The fraction of sp³-hybridized carbons (Fsp3) is 0.345. The maximum Gasteiger partial charge on any atom is 0.410 e. The number of fused-ring (bicyclic) bond motifs is 5. The third-order valence-corrected chi connectivity index (χ3v) is 8.00.